The van der Waals surface area contributed by atoms with Gasteiger partial charge < -0.3 is 10.6 Å². The van der Waals surface area contributed by atoms with Gasteiger partial charge in [-0.1, -0.05) is 60.2 Å². The number of amides is 2. The molecular formula is C26H25N3O2S. The molecule has 0 aliphatic rings. The quantitative estimate of drug-likeness (QED) is 0.370. The van der Waals surface area contributed by atoms with E-state index in [2.05, 4.69) is 16.0 Å². The summed E-state index contributed by atoms with van der Waals surface area (Å²) in [6, 6.07) is 24.4. The van der Waals surface area contributed by atoms with Crippen molar-refractivity contribution >= 4 is 40.9 Å². The van der Waals surface area contributed by atoms with Gasteiger partial charge in [0.25, 0.3) is 5.91 Å². The van der Waals surface area contributed by atoms with Crippen LogP contribution in [0, 0.1) is 6.92 Å². The number of carbonyl (C=O) groups is 2. The Kier molecular flexibility index (Phi) is 7.89. The molecule has 32 heavy (non-hydrogen) atoms. The molecule has 0 bridgehead atoms. The highest BCUT2D eigenvalue weighted by atomic mass is 32.1. The van der Waals surface area contributed by atoms with Crippen molar-refractivity contribution in [3.8, 4) is 0 Å². The monoisotopic (exact) mass is 443 g/mol. The van der Waals surface area contributed by atoms with Gasteiger partial charge in [-0.2, -0.15) is 0 Å². The molecule has 3 rings (SSSR count). The average molecular weight is 444 g/mol. The lowest BCUT2D eigenvalue weighted by Crippen LogP contribution is -2.32. The molecule has 2 amide bonds. The summed E-state index contributed by atoms with van der Waals surface area (Å²) in [5.74, 6) is -0.487. The number of anilines is 1. The van der Waals surface area contributed by atoms with E-state index in [1.807, 2.05) is 68.4 Å². The van der Waals surface area contributed by atoms with Crippen LogP contribution in [-0.4, -0.2) is 16.9 Å². The Hall–Kier alpha value is -3.77. The van der Waals surface area contributed by atoms with E-state index >= 15 is 0 Å². The van der Waals surface area contributed by atoms with Crippen LogP contribution in [-0.2, 0) is 4.79 Å². The van der Waals surface area contributed by atoms with E-state index in [9.17, 15) is 9.59 Å². The van der Waals surface area contributed by atoms with Gasteiger partial charge in [0.2, 0.25) is 5.91 Å². The first-order valence-electron chi connectivity index (χ1n) is 10.2. The van der Waals surface area contributed by atoms with Crippen LogP contribution < -0.4 is 16.0 Å². The minimum absolute atomic E-state index is 0.0998. The SMILES string of the molecule is Cc1ccc(/C=C/C(=O)NC(=S)Nc2ccc(C(=O)NC(C)c3ccccc3)cc2)cc1. The summed E-state index contributed by atoms with van der Waals surface area (Å²) < 4.78 is 0. The number of thiocarbonyl (C=S) groups is 1. The second kappa shape index (κ2) is 11.0. The molecule has 0 aromatic heterocycles. The summed E-state index contributed by atoms with van der Waals surface area (Å²) in [5, 5.41) is 8.71. The van der Waals surface area contributed by atoms with Crippen LogP contribution in [0.25, 0.3) is 6.08 Å². The summed E-state index contributed by atoms with van der Waals surface area (Å²) >= 11 is 5.20. The molecule has 0 saturated carbocycles. The summed E-state index contributed by atoms with van der Waals surface area (Å²) in [7, 11) is 0. The first kappa shape index (κ1) is 22.9. The number of carbonyl (C=O) groups excluding carboxylic acids is 2. The molecule has 1 unspecified atom stereocenters. The maximum absolute atomic E-state index is 12.5. The Bertz CT molecular complexity index is 1110. The van der Waals surface area contributed by atoms with Crippen LogP contribution in [0.1, 0.15) is 40.0 Å². The van der Waals surface area contributed by atoms with E-state index in [1.54, 1.807) is 30.3 Å². The molecule has 162 valence electrons. The third kappa shape index (κ3) is 6.89. The second-order valence-electron chi connectivity index (χ2n) is 7.37. The summed E-state index contributed by atoms with van der Waals surface area (Å²) in [4.78, 5) is 24.6. The molecule has 0 radical (unpaired) electrons. The van der Waals surface area contributed by atoms with Crippen molar-refractivity contribution < 1.29 is 9.59 Å². The second-order valence-corrected chi connectivity index (χ2v) is 7.78. The van der Waals surface area contributed by atoms with E-state index < -0.39 is 0 Å². The van der Waals surface area contributed by atoms with Crippen molar-refractivity contribution in [2.75, 3.05) is 5.32 Å². The molecule has 3 aromatic carbocycles. The lowest BCUT2D eigenvalue weighted by atomic mass is 10.1. The normalized spacial score (nSPS) is 11.6. The molecule has 0 aliphatic carbocycles. The Morgan fingerprint density at radius 2 is 1.56 bits per heavy atom. The van der Waals surface area contributed by atoms with E-state index in [0.717, 1.165) is 16.7 Å². The fraction of sp³-hybridized carbons (Fsp3) is 0.115. The van der Waals surface area contributed by atoms with Crippen LogP contribution >= 0.6 is 12.2 Å². The Balaban J connectivity index is 1.50. The Morgan fingerprint density at radius 3 is 2.22 bits per heavy atom. The summed E-state index contributed by atoms with van der Waals surface area (Å²) in [6.45, 7) is 3.95. The topological polar surface area (TPSA) is 70.2 Å². The van der Waals surface area contributed by atoms with Crippen LogP contribution in [0.3, 0.4) is 0 Å². The predicted octanol–water partition coefficient (Wildman–Crippen LogP) is 5.01. The zero-order chi connectivity index (χ0) is 22.9. The largest absolute Gasteiger partial charge is 0.346 e. The minimum atomic E-state index is -0.325. The van der Waals surface area contributed by atoms with Crippen LogP contribution in [0.15, 0.2) is 84.9 Å². The molecule has 0 saturated heterocycles. The zero-order valence-electron chi connectivity index (χ0n) is 18.0. The van der Waals surface area contributed by atoms with E-state index in [0.29, 0.717) is 11.3 Å². The number of hydrogen-bond donors (Lipinski definition) is 3. The van der Waals surface area contributed by atoms with Crippen molar-refractivity contribution in [1.82, 2.24) is 10.6 Å². The maximum atomic E-state index is 12.5. The zero-order valence-corrected chi connectivity index (χ0v) is 18.8. The Morgan fingerprint density at radius 1 is 0.906 bits per heavy atom. The molecule has 1 atom stereocenters. The van der Waals surface area contributed by atoms with Crippen LogP contribution in [0.2, 0.25) is 0 Å². The first-order valence-corrected chi connectivity index (χ1v) is 10.6. The molecule has 6 heteroatoms. The fourth-order valence-electron chi connectivity index (χ4n) is 2.98. The van der Waals surface area contributed by atoms with Crippen molar-refractivity contribution in [1.29, 1.82) is 0 Å². The molecular weight excluding hydrogens is 418 g/mol. The van der Waals surface area contributed by atoms with Gasteiger partial charge in [-0.15, -0.1) is 0 Å². The lowest BCUT2D eigenvalue weighted by molar-refractivity contribution is -0.115. The van der Waals surface area contributed by atoms with Gasteiger partial charge in [0.05, 0.1) is 6.04 Å². The van der Waals surface area contributed by atoms with Gasteiger partial charge in [-0.3, -0.25) is 14.9 Å². The van der Waals surface area contributed by atoms with Gasteiger partial charge in [0.15, 0.2) is 5.11 Å². The third-order valence-electron chi connectivity index (χ3n) is 4.79. The molecule has 3 aromatic rings. The van der Waals surface area contributed by atoms with Crippen molar-refractivity contribution in [2.45, 2.75) is 19.9 Å². The van der Waals surface area contributed by atoms with Crippen molar-refractivity contribution in [3.05, 3.63) is 107 Å². The standard InChI is InChI=1S/C26H25N3O2S/c1-18-8-10-20(11-9-18)12-17-24(30)29-26(32)28-23-15-13-22(14-16-23)25(31)27-19(2)21-6-4-3-5-7-21/h3-17,19H,1-2H3,(H,27,31)(H2,28,29,30,32)/b17-12+. The summed E-state index contributed by atoms with van der Waals surface area (Å²) in [5.41, 5.74) is 4.34. The fourth-order valence-corrected chi connectivity index (χ4v) is 3.19. The third-order valence-corrected chi connectivity index (χ3v) is 5.00. The number of nitrogens with one attached hydrogen (secondary N) is 3. The first-order chi connectivity index (χ1) is 15.4. The van der Waals surface area contributed by atoms with Gasteiger partial charge in [-0.05, 0) is 67.5 Å². The van der Waals surface area contributed by atoms with E-state index in [1.165, 1.54) is 6.08 Å². The van der Waals surface area contributed by atoms with E-state index in [-0.39, 0.29) is 23.0 Å². The maximum Gasteiger partial charge on any atom is 0.251 e. The number of rotatable bonds is 6. The van der Waals surface area contributed by atoms with E-state index in [4.69, 9.17) is 12.2 Å². The molecule has 0 aliphatic heterocycles. The minimum Gasteiger partial charge on any atom is -0.346 e. The average Bonchev–Trinajstić information content (AvgIpc) is 2.79. The Labute approximate surface area is 193 Å². The molecule has 3 N–H and O–H groups in total. The number of hydrogen-bond acceptors (Lipinski definition) is 3. The molecule has 5 nitrogen and oxygen atoms in total. The van der Waals surface area contributed by atoms with Gasteiger partial charge >= 0.3 is 0 Å². The molecule has 0 fully saturated rings. The molecule has 0 spiro atoms. The molecule has 0 heterocycles. The lowest BCUT2D eigenvalue weighted by Gasteiger charge is -2.14. The van der Waals surface area contributed by atoms with Crippen LogP contribution in [0.5, 0.6) is 0 Å². The highest BCUT2D eigenvalue weighted by Crippen LogP contribution is 2.14. The van der Waals surface area contributed by atoms with Gasteiger partial charge in [0, 0.05) is 17.3 Å². The van der Waals surface area contributed by atoms with Crippen molar-refractivity contribution in [3.63, 3.8) is 0 Å². The number of aryl methyl sites for hydroxylation is 1. The highest BCUT2D eigenvalue weighted by molar-refractivity contribution is 7.80. The van der Waals surface area contributed by atoms with Gasteiger partial charge in [0.1, 0.15) is 0 Å². The predicted molar refractivity (Wildman–Crippen MR) is 133 cm³/mol. The summed E-state index contributed by atoms with van der Waals surface area (Å²) in [6.07, 6.45) is 3.15. The number of benzene rings is 3. The van der Waals surface area contributed by atoms with Crippen molar-refractivity contribution in [2.24, 2.45) is 0 Å². The van der Waals surface area contributed by atoms with Crippen LogP contribution in [0.4, 0.5) is 5.69 Å². The highest BCUT2D eigenvalue weighted by Gasteiger charge is 2.11. The van der Waals surface area contributed by atoms with Gasteiger partial charge in [-0.25, -0.2) is 0 Å². The smallest absolute Gasteiger partial charge is 0.251 e.